The molecule has 8 aliphatic rings. The number of aliphatic hydroxyl groups is 1. The maximum absolute atomic E-state index is 13.2. The summed E-state index contributed by atoms with van der Waals surface area (Å²) in [5, 5.41) is 12.6. The number of hydrogen-bond acceptors (Lipinski definition) is 7. The SMILES string of the molecule is CC(C)[C@@H](OC(=O)N1CCC1)C1C[C@@H](C)[C@H]2C(O1)[C@H](O)[C@@]1(C)C3CC[C@H]4C(C)(C)C(OC(=O)N5CCOCC5)CC[C@@]45C[C@@]35CC[C@]21C. The van der Waals surface area contributed by atoms with E-state index in [4.69, 9.17) is 18.9 Å². The molecule has 13 atom stereocenters. The van der Waals surface area contributed by atoms with Gasteiger partial charge in [-0.25, -0.2) is 9.59 Å². The molecule has 0 aromatic carbocycles. The normalized spacial score (nSPS) is 49.4. The molecule has 3 saturated heterocycles. The van der Waals surface area contributed by atoms with Crippen molar-refractivity contribution in [3.63, 3.8) is 0 Å². The van der Waals surface area contributed by atoms with E-state index in [2.05, 4.69) is 48.5 Å². The zero-order valence-electron chi connectivity index (χ0n) is 30.7. The number of aliphatic hydroxyl groups excluding tert-OH is 1. The number of nitrogens with zero attached hydrogens (tertiary/aromatic N) is 2. The number of ether oxygens (including phenoxy) is 4. The van der Waals surface area contributed by atoms with Crippen molar-refractivity contribution in [3.05, 3.63) is 0 Å². The Kier molecular flexibility index (Phi) is 7.84. The monoisotopic (exact) mass is 670 g/mol. The summed E-state index contributed by atoms with van der Waals surface area (Å²) in [7, 11) is 0. The Bertz CT molecular complexity index is 1300. The number of amides is 2. The van der Waals surface area contributed by atoms with E-state index < -0.39 is 6.10 Å². The van der Waals surface area contributed by atoms with Gasteiger partial charge in [-0.15, -0.1) is 0 Å². The van der Waals surface area contributed by atoms with E-state index in [0.717, 1.165) is 58.0 Å². The van der Waals surface area contributed by atoms with Crippen LogP contribution >= 0.6 is 0 Å². The van der Waals surface area contributed by atoms with E-state index in [-0.39, 0.29) is 75.5 Å². The van der Waals surface area contributed by atoms with Gasteiger partial charge >= 0.3 is 12.2 Å². The molecular formula is C39H62N2O7. The maximum Gasteiger partial charge on any atom is 0.410 e. The quantitative estimate of drug-likeness (QED) is 0.365. The highest BCUT2D eigenvalue weighted by Crippen LogP contribution is 2.89. The molecule has 5 saturated carbocycles. The molecule has 0 bridgehead atoms. The van der Waals surface area contributed by atoms with Crippen LogP contribution in [0.4, 0.5) is 9.59 Å². The van der Waals surface area contributed by atoms with Gasteiger partial charge in [0.2, 0.25) is 0 Å². The first-order valence-electron chi connectivity index (χ1n) is 19.5. The Balaban J connectivity index is 1.03. The van der Waals surface area contributed by atoms with Gasteiger partial charge in [-0.2, -0.15) is 0 Å². The van der Waals surface area contributed by atoms with Crippen LogP contribution in [0.1, 0.15) is 106 Å². The smallest absolute Gasteiger partial charge is 0.410 e. The minimum absolute atomic E-state index is 0.0178. The Morgan fingerprint density at radius 2 is 1.54 bits per heavy atom. The van der Waals surface area contributed by atoms with Crippen molar-refractivity contribution >= 4 is 12.2 Å². The lowest BCUT2D eigenvalue weighted by atomic mass is 9.41. The fraction of sp³-hybridized carbons (Fsp3) is 0.949. The van der Waals surface area contributed by atoms with Crippen LogP contribution in [0.2, 0.25) is 0 Å². The standard InChI is InChI=1S/C39H62N2O7/c1-23(2)30(48-34(44)40-15-8-16-40)25-21-24(3)29-31(46-25)32(42)37(7)27-10-9-26-35(4,5)28(47-33(43)41-17-19-45-20-18-41)11-12-38(26)22-39(27,38)14-13-36(29,37)6/h23-32,42H,8-22H2,1-7H3/t24-,25?,26+,27?,28?,29+,30-,31?,32+,36-,37-,38-,39+/m1/s1. The Morgan fingerprint density at radius 1 is 0.875 bits per heavy atom. The van der Waals surface area contributed by atoms with E-state index >= 15 is 0 Å². The van der Waals surface area contributed by atoms with Gasteiger partial charge in [0, 0.05) is 37.0 Å². The summed E-state index contributed by atoms with van der Waals surface area (Å²) in [6, 6.07) is 0. The highest BCUT2D eigenvalue weighted by Gasteiger charge is 2.84. The van der Waals surface area contributed by atoms with Gasteiger partial charge in [-0.1, -0.05) is 48.5 Å². The van der Waals surface area contributed by atoms with Gasteiger partial charge in [-0.3, -0.25) is 0 Å². The minimum Gasteiger partial charge on any atom is -0.446 e. The molecule has 9 heteroatoms. The number of fused-ring (bicyclic) bond motifs is 4. The largest absolute Gasteiger partial charge is 0.446 e. The van der Waals surface area contributed by atoms with Crippen LogP contribution in [-0.4, -0.2) is 97.0 Å². The van der Waals surface area contributed by atoms with Gasteiger partial charge in [0.05, 0.1) is 31.5 Å². The molecule has 270 valence electrons. The van der Waals surface area contributed by atoms with Crippen LogP contribution in [0.15, 0.2) is 0 Å². The van der Waals surface area contributed by atoms with E-state index in [1.165, 1.54) is 12.8 Å². The molecule has 1 N–H and O–H groups in total. The fourth-order valence-electron chi connectivity index (χ4n) is 14.0. The molecule has 8 fully saturated rings. The van der Waals surface area contributed by atoms with Gasteiger partial charge in [0.25, 0.3) is 0 Å². The number of hydrogen-bond donors (Lipinski definition) is 1. The molecular weight excluding hydrogens is 608 g/mol. The van der Waals surface area contributed by atoms with Crippen molar-refractivity contribution in [1.29, 1.82) is 0 Å². The zero-order valence-corrected chi connectivity index (χ0v) is 30.7. The van der Waals surface area contributed by atoms with Crippen LogP contribution in [-0.2, 0) is 18.9 Å². The summed E-state index contributed by atoms with van der Waals surface area (Å²) in [6.07, 6.45) is 7.98. The summed E-state index contributed by atoms with van der Waals surface area (Å²) in [5.74, 6) is 1.74. The molecule has 5 aliphatic carbocycles. The summed E-state index contributed by atoms with van der Waals surface area (Å²) in [4.78, 5) is 29.7. The lowest BCUT2D eigenvalue weighted by Gasteiger charge is -2.63. The number of carbonyl (C=O) groups is 2. The van der Waals surface area contributed by atoms with Gasteiger partial charge in [0.15, 0.2) is 0 Å². The second-order valence-corrected chi connectivity index (χ2v) is 19.0. The van der Waals surface area contributed by atoms with Crippen LogP contribution < -0.4 is 0 Å². The molecule has 2 spiro atoms. The highest BCUT2D eigenvalue weighted by atomic mass is 16.6. The van der Waals surface area contributed by atoms with Crippen LogP contribution in [0.3, 0.4) is 0 Å². The van der Waals surface area contributed by atoms with Crippen molar-refractivity contribution in [2.45, 2.75) is 137 Å². The number of rotatable bonds is 4. The van der Waals surface area contributed by atoms with Crippen molar-refractivity contribution in [1.82, 2.24) is 9.80 Å². The summed E-state index contributed by atoms with van der Waals surface area (Å²) in [6.45, 7) is 20.2. The molecule has 48 heavy (non-hydrogen) atoms. The van der Waals surface area contributed by atoms with Crippen molar-refractivity contribution in [2.75, 3.05) is 39.4 Å². The number of carbonyl (C=O) groups excluding carboxylic acids is 2. The third-order valence-corrected chi connectivity index (χ3v) is 16.7. The van der Waals surface area contributed by atoms with Gasteiger partial charge in [-0.05, 0) is 104 Å². The second-order valence-electron chi connectivity index (χ2n) is 19.0. The summed E-state index contributed by atoms with van der Waals surface area (Å²) < 4.78 is 25.0. The molecule has 0 aromatic heterocycles. The molecule has 2 amide bonds. The average Bonchev–Trinajstić information content (AvgIpc) is 3.65. The highest BCUT2D eigenvalue weighted by molar-refractivity contribution is 5.69. The number of likely N-dealkylation sites (tertiary alicyclic amines) is 1. The predicted molar refractivity (Wildman–Crippen MR) is 180 cm³/mol. The second kappa shape index (κ2) is 11.2. The molecule has 4 unspecified atom stereocenters. The fourth-order valence-corrected chi connectivity index (χ4v) is 14.0. The third kappa shape index (κ3) is 4.37. The van der Waals surface area contributed by atoms with E-state index in [0.29, 0.717) is 44.1 Å². The van der Waals surface area contributed by atoms with Crippen molar-refractivity contribution < 1.29 is 33.6 Å². The third-order valence-electron chi connectivity index (χ3n) is 16.7. The molecule has 3 heterocycles. The first kappa shape index (κ1) is 33.6. The molecule has 0 aromatic rings. The van der Waals surface area contributed by atoms with Crippen molar-refractivity contribution in [3.8, 4) is 0 Å². The lowest BCUT2D eigenvalue weighted by molar-refractivity contribution is -0.185. The Labute approximate surface area is 288 Å². The van der Waals surface area contributed by atoms with Gasteiger partial charge in [0.1, 0.15) is 12.2 Å². The average molecular weight is 671 g/mol. The van der Waals surface area contributed by atoms with Crippen molar-refractivity contribution in [2.24, 2.45) is 56.7 Å². The summed E-state index contributed by atoms with van der Waals surface area (Å²) in [5.41, 5.74) is 0.148. The van der Waals surface area contributed by atoms with Crippen LogP contribution in [0.5, 0.6) is 0 Å². The Morgan fingerprint density at radius 3 is 2.21 bits per heavy atom. The van der Waals surface area contributed by atoms with Crippen LogP contribution in [0, 0.1) is 56.7 Å². The van der Waals surface area contributed by atoms with Crippen LogP contribution in [0.25, 0.3) is 0 Å². The maximum atomic E-state index is 13.2. The van der Waals surface area contributed by atoms with E-state index in [1.54, 1.807) is 4.90 Å². The predicted octanol–water partition coefficient (Wildman–Crippen LogP) is 6.50. The minimum atomic E-state index is -0.549. The summed E-state index contributed by atoms with van der Waals surface area (Å²) >= 11 is 0. The zero-order chi connectivity index (χ0) is 34.0. The topological polar surface area (TPSA) is 97.8 Å². The molecule has 3 aliphatic heterocycles. The molecule has 8 rings (SSSR count). The number of morpholine rings is 1. The van der Waals surface area contributed by atoms with E-state index in [9.17, 15) is 14.7 Å². The lowest BCUT2D eigenvalue weighted by Crippen LogP contribution is -2.60. The Hall–Kier alpha value is -1.58. The first-order valence-corrected chi connectivity index (χ1v) is 19.5. The molecule has 9 nitrogen and oxygen atoms in total. The first-order chi connectivity index (χ1) is 22.7. The van der Waals surface area contributed by atoms with E-state index in [1.807, 2.05) is 4.90 Å². The van der Waals surface area contributed by atoms with Gasteiger partial charge < -0.3 is 33.9 Å². The molecule has 0 radical (unpaired) electrons.